The third-order valence-electron chi connectivity index (χ3n) is 9.09. The van der Waals surface area contributed by atoms with Gasteiger partial charge in [0.25, 0.3) is 0 Å². The first-order chi connectivity index (χ1) is 25.0. The van der Waals surface area contributed by atoms with Crippen molar-refractivity contribution in [3.8, 4) is 5.75 Å². The molecule has 0 radical (unpaired) electrons. The molecule has 10 nitrogen and oxygen atoms in total. The number of amides is 1. The number of carbonyl (C=O) groups is 2. The van der Waals surface area contributed by atoms with Gasteiger partial charge in [-0.2, -0.15) is 0 Å². The van der Waals surface area contributed by atoms with Crippen LogP contribution in [-0.2, 0) is 32.8 Å². The minimum atomic E-state index is -0.849. The molecule has 1 amide bonds. The monoisotopic (exact) mass is 679 g/mol. The van der Waals surface area contributed by atoms with Crippen LogP contribution in [0.4, 0.5) is 4.79 Å². The van der Waals surface area contributed by atoms with Crippen molar-refractivity contribution in [1.82, 2.24) is 25.1 Å². The lowest BCUT2D eigenvalue weighted by molar-refractivity contribution is -0.145. The second-order valence-electron chi connectivity index (χ2n) is 12.3. The maximum atomic E-state index is 13.0. The molecule has 0 bridgehead atoms. The summed E-state index contributed by atoms with van der Waals surface area (Å²) in [5.41, 5.74) is 4.01. The minimum absolute atomic E-state index is 0.103. The van der Waals surface area contributed by atoms with Crippen LogP contribution in [0.15, 0.2) is 146 Å². The molecule has 1 saturated heterocycles. The van der Waals surface area contributed by atoms with Crippen LogP contribution in [0.5, 0.6) is 5.75 Å². The highest BCUT2D eigenvalue weighted by Crippen LogP contribution is 2.39. The molecule has 0 saturated carbocycles. The zero-order valence-corrected chi connectivity index (χ0v) is 28.1. The average Bonchev–Trinajstić information content (AvgIpc) is 3.84. The van der Waals surface area contributed by atoms with Crippen molar-refractivity contribution in [1.29, 1.82) is 0 Å². The molecule has 5 aromatic carbocycles. The van der Waals surface area contributed by atoms with Gasteiger partial charge >= 0.3 is 12.1 Å². The number of hydrogen-bond acceptors (Lipinski definition) is 8. The van der Waals surface area contributed by atoms with Gasteiger partial charge in [0.2, 0.25) is 0 Å². The predicted molar refractivity (Wildman–Crippen MR) is 190 cm³/mol. The molecular weight excluding hydrogens is 642 g/mol. The maximum absolute atomic E-state index is 13.0. The van der Waals surface area contributed by atoms with E-state index in [0.29, 0.717) is 18.0 Å². The Hall–Kier alpha value is -6.29. The number of ether oxygens (including phenoxy) is 3. The third kappa shape index (κ3) is 7.07. The van der Waals surface area contributed by atoms with Crippen LogP contribution in [0.2, 0.25) is 0 Å². The summed E-state index contributed by atoms with van der Waals surface area (Å²) in [7, 11) is 1.31. The first kappa shape index (κ1) is 33.2. The molecule has 0 N–H and O–H groups in total. The van der Waals surface area contributed by atoms with Crippen LogP contribution in [0, 0.1) is 0 Å². The number of hydrogen-bond donors (Lipinski definition) is 0. The molecule has 2 heterocycles. The number of carbonyl (C=O) groups excluding carboxylic acids is 2. The lowest BCUT2D eigenvalue weighted by Gasteiger charge is -2.34. The van der Waals surface area contributed by atoms with Crippen LogP contribution >= 0.6 is 0 Å². The number of nitrogens with zero attached hydrogens (tertiary/aromatic N) is 5. The van der Waals surface area contributed by atoms with Gasteiger partial charge in [0.05, 0.1) is 13.7 Å². The second kappa shape index (κ2) is 15.1. The van der Waals surface area contributed by atoms with Crippen LogP contribution in [0.3, 0.4) is 0 Å². The zero-order valence-electron chi connectivity index (χ0n) is 28.1. The highest BCUT2D eigenvalue weighted by Gasteiger charge is 2.43. The van der Waals surface area contributed by atoms with Gasteiger partial charge in [0.15, 0.2) is 11.4 Å². The number of rotatable bonds is 11. The van der Waals surface area contributed by atoms with Crippen LogP contribution in [0.1, 0.15) is 40.1 Å². The molecule has 0 aliphatic carbocycles. The summed E-state index contributed by atoms with van der Waals surface area (Å²) in [4.78, 5) is 28.7. The number of tetrazole rings is 1. The van der Waals surface area contributed by atoms with E-state index in [9.17, 15) is 9.59 Å². The standard InChI is InChI=1S/C41H37N5O5/c1-49-39(47)37-27-36(28-45(37)40(48)50-29-31-14-6-2-7-15-31)51-35-24-22-30(23-25-35)26-38-42-44-46(43-38)41(32-16-8-3-9-17-32,33-18-10-4-11-19-33)34-20-12-5-13-21-34/h2-25,36-37H,26-29H2,1H3/t36-,37-/m0/s1. The second-order valence-corrected chi connectivity index (χ2v) is 12.3. The fourth-order valence-electron chi connectivity index (χ4n) is 6.65. The van der Waals surface area contributed by atoms with E-state index >= 15 is 0 Å². The van der Waals surface area contributed by atoms with Gasteiger partial charge in [-0.25, -0.2) is 9.59 Å². The van der Waals surface area contributed by atoms with Crippen molar-refractivity contribution in [2.45, 2.75) is 37.1 Å². The Labute approximate surface area is 296 Å². The first-order valence-corrected chi connectivity index (χ1v) is 16.8. The summed E-state index contributed by atoms with van der Waals surface area (Å²) >= 11 is 0. The maximum Gasteiger partial charge on any atom is 0.410 e. The van der Waals surface area contributed by atoms with E-state index in [1.54, 1.807) is 4.80 Å². The number of esters is 1. The molecule has 0 spiro atoms. The summed E-state index contributed by atoms with van der Waals surface area (Å²) in [6, 6.07) is 46.9. The summed E-state index contributed by atoms with van der Waals surface area (Å²) in [5, 5.41) is 14.1. The van der Waals surface area contributed by atoms with E-state index in [1.165, 1.54) is 12.0 Å². The van der Waals surface area contributed by atoms with Gasteiger partial charge in [-0.3, -0.25) is 4.90 Å². The van der Waals surface area contributed by atoms with Gasteiger partial charge < -0.3 is 14.2 Å². The molecule has 1 aliphatic rings. The summed E-state index contributed by atoms with van der Waals surface area (Å²) in [5.74, 6) is 0.668. The SMILES string of the molecule is COC(=O)[C@@H]1C[C@H](Oc2ccc(Cc3nnn(C(c4ccccc4)(c4ccccc4)c4ccccc4)n3)cc2)CN1C(=O)OCc1ccccc1. The molecule has 1 aromatic heterocycles. The zero-order chi connectivity index (χ0) is 35.0. The van der Waals surface area contributed by atoms with E-state index < -0.39 is 29.7 Å². The van der Waals surface area contributed by atoms with Crippen LogP contribution in [-0.4, -0.2) is 63.0 Å². The largest absolute Gasteiger partial charge is 0.488 e. The third-order valence-corrected chi connectivity index (χ3v) is 9.09. The molecule has 2 atom stereocenters. The smallest absolute Gasteiger partial charge is 0.410 e. The van der Waals surface area contributed by atoms with Crippen molar-refractivity contribution in [2.75, 3.05) is 13.7 Å². The Morgan fingerprint density at radius 1 is 0.725 bits per heavy atom. The minimum Gasteiger partial charge on any atom is -0.488 e. The van der Waals surface area contributed by atoms with E-state index in [2.05, 4.69) is 46.7 Å². The summed E-state index contributed by atoms with van der Waals surface area (Å²) in [6.45, 7) is 0.291. The van der Waals surface area contributed by atoms with Crippen LogP contribution in [0.25, 0.3) is 0 Å². The normalized spacial score (nSPS) is 15.7. The predicted octanol–water partition coefficient (Wildman–Crippen LogP) is 6.44. The van der Waals surface area contributed by atoms with E-state index in [-0.39, 0.29) is 19.6 Å². The van der Waals surface area contributed by atoms with E-state index in [0.717, 1.165) is 27.8 Å². The Bertz CT molecular complexity index is 1940. The first-order valence-electron chi connectivity index (χ1n) is 16.8. The quantitative estimate of drug-likeness (QED) is 0.114. The molecule has 10 heteroatoms. The topological polar surface area (TPSA) is 109 Å². The average molecular weight is 680 g/mol. The van der Waals surface area contributed by atoms with E-state index in [1.807, 2.05) is 109 Å². The molecular formula is C41H37N5O5. The van der Waals surface area contributed by atoms with Crippen molar-refractivity contribution < 1.29 is 23.8 Å². The van der Waals surface area contributed by atoms with Crippen molar-refractivity contribution in [3.63, 3.8) is 0 Å². The molecule has 256 valence electrons. The molecule has 7 rings (SSSR count). The molecule has 51 heavy (non-hydrogen) atoms. The Kier molecular flexibility index (Phi) is 9.82. The molecule has 1 fully saturated rings. The lowest BCUT2D eigenvalue weighted by atomic mass is 9.77. The fraction of sp³-hybridized carbons (Fsp3) is 0.195. The summed E-state index contributed by atoms with van der Waals surface area (Å²) in [6.07, 6.45) is -0.280. The molecule has 0 unspecified atom stereocenters. The molecule has 1 aliphatic heterocycles. The number of methoxy groups -OCH3 is 1. The van der Waals surface area contributed by atoms with Crippen LogP contribution < -0.4 is 4.74 Å². The van der Waals surface area contributed by atoms with Crippen molar-refractivity contribution >= 4 is 12.1 Å². The van der Waals surface area contributed by atoms with Gasteiger partial charge in [0, 0.05) is 12.8 Å². The van der Waals surface area contributed by atoms with E-state index in [4.69, 9.17) is 19.3 Å². The molecule has 6 aromatic rings. The Balaban J connectivity index is 1.07. The van der Waals surface area contributed by atoms with Gasteiger partial charge in [-0.1, -0.05) is 133 Å². The highest BCUT2D eigenvalue weighted by molar-refractivity contribution is 5.82. The van der Waals surface area contributed by atoms with Crippen molar-refractivity contribution in [2.24, 2.45) is 0 Å². The van der Waals surface area contributed by atoms with Crippen molar-refractivity contribution in [3.05, 3.63) is 179 Å². The Morgan fingerprint density at radius 2 is 1.27 bits per heavy atom. The number of aromatic nitrogens is 4. The fourth-order valence-corrected chi connectivity index (χ4v) is 6.65. The Morgan fingerprint density at radius 3 is 1.82 bits per heavy atom. The van der Waals surface area contributed by atoms with Gasteiger partial charge in [-0.15, -0.1) is 15.0 Å². The summed E-state index contributed by atoms with van der Waals surface area (Å²) < 4.78 is 16.7. The highest BCUT2D eigenvalue weighted by atomic mass is 16.6. The lowest BCUT2D eigenvalue weighted by Crippen LogP contribution is -2.41. The number of likely N-dealkylation sites (tertiary alicyclic amines) is 1. The van der Waals surface area contributed by atoms with Gasteiger partial charge in [0.1, 0.15) is 24.5 Å². The number of benzene rings is 5. The van der Waals surface area contributed by atoms with Gasteiger partial charge in [-0.05, 0) is 45.2 Å².